The predicted octanol–water partition coefficient (Wildman–Crippen LogP) is 8.00. The Hall–Kier alpha value is -4.83. The van der Waals surface area contributed by atoms with Gasteiger partial charge in [0.25, 0.3) is 0 Å². The number of imidazole rings is 1. The van der Waals surface area contributed by atoms with E-state index < -0.39 is 0 Å². The fraction of sp³-hybridized carbons (Fsp3) is 0. The molecule has 0 atom stereocenters. The van der Waals surface area contributed by atoms with Crippen molar-refractivity contribution in [2.75, 3.05) is 0 Å². The summed E-state index contributed by atoms with van der Waals surface area (Å²) in [6, 6.07) is 35.9. The molecule has 0 unspecified atom stereocenters. The smallest absolute Gasteiger partial charge is 0.160 e. The van der Waals surface area contributed by atoms with Crippen LogP contribution in [0, 0.1) is 0 Å². The average Bonchev–Trinajstić information content (AvgIpc) is 3.60. The molecule has 0 spiro atoms. The number of nitrogens with zero attached hydrogens (tertiary/aromatic N) is 3. The lowest BCUT2D eigenvalue weighted by Gasteiger charge is -2.09. The van der Waals surface area contributed by atoms with Gasteiger partial charge in [-0.1, -0.05) is 60.7 Å². The summed E-state index contributed by atoms with van der Waals surface area (Å²) in [5.41, 5.74) is 8.12. The van der Waals surface area contributed by atoms with E-state index in [1.165, 1.54) is 10.8 Å². The second kappa shape index (κ2) is 6.84. The lowest BCUT2D eigenvalue weighted by Crippen LogP contribution is -1.94. The molecule has 0 radical (unpaired) electrons. The Balaban J connectivity index is 1.46. The van der Waals surface area contributed by atoms with Crippen LogP contribution in [0.25, 0.3) is 66.3 Å². The van der Waals surface area contributed by atoms with Crippen molar-refractivity contribution in [1.29, 1.82) is 0 Å². The van der Waals surface area contributed by atoms with E-state index in [0.29, 0.717) is 0 Å². The van der Waals surface area contributed by atoms with Gasteiger partial charge in [0.2, 0.25) is 0 Å². The number of fused-ring (bicyclic) bond motifs is 8. The maximum atomic E-state index is 6.48. The maximum Gasteiger partial charge on any atom is 0.160 e. The summed E-state index contributed by atoms with van der Waals surface area (Å²) < 4.78 is 10.9. The molecule has 0 saturated carbocycles. The number of hydrogen-bond acceptors (Lipinski definition) is 2. The molecule has 4 aromatic carbocycles. The SMILES string of the molecule is c1cc(-c2cn3ccccc3n2)cc(-n2c3ccccc3c3ccc4c5ccccc5oc4c32)c1. The maximum absolute atomic E-state index is 6.48. The van der Waals surface area contributed by atoms with Gasteiger partial charge in [0, 0.05) is 45.2 Å². The zero-order chi connectivity index (χ0) is 22.9. The van der Waals surface area contributed by atoms with Crippen LogP contribution in [0.3, 0.4) is 0 Å². The number of aromatic nitrogens is 3. The summed E-state index contributed by atoms with van der Waals surface area (Å²) in [6.07, 6.45) is 4.11. The first-order chi connectivity index (χ1) is 17.3. The van der Waals surface area contributed by atoms with Crippen LogP contribution in [0.2, 0.25) is 0 Å². The van der Waals surface area contributed by atoms with Crippen molar-refractivity contribution in [1.82, 2.24) is 14.0 Å². The number of para-hydroxylation sites is 2. The number of furan rings is 1. The molecule has 0 aliphatic rings. The molecule has 35 heavy (non-hydrogen) atoms. The zero-order valence-corrected chi connectivity index (χ0v) is 18.7. The van der Waals surface area contributed by atoms with E-state index in [2.05, 4.69) is 88.0 Å². The van der Waals surface area contributed by atoms with Crippen LogP contribution in [-0.4, -0.2) is 14.0 Å². The summed E-state index contributed by atoms with van der Waals surface area (Å²) in [6.45, 7) is 0. The second-order valence-corrected chi connectivity index (χ2v) is 8.93. The molecule has 8 aromatic rings. The molecule has 4 heteroatoms. The molecule has 164 valence electrons. The molecule has 4 heterocycles. The third kappa shape index (κ3) is 2.59. The number of rotatable bonds is 2. The fourth-order valence-corrected chi connectivity index (χ4v) is 5.38. The molecular weight excluding hydrogens is 430 g/mol. The molecule has 0 aliphatic heterocycles. The van der Waals surface area contributed by atoms with Gasteiger partial charge in [-0.2, -0.15) is 0 Å². The highest BCUT2D eigenvalue weighted by Gasteiger charge is 2.19. The zero-order valence-electron chi connectivity index (χ0n) is 18.7. The second-order valence-electron chi connectivity index (χ2n) is 8.93. The van der Waals surface area contributed by atoms with Crippen molar-refractivity contribution in [3.63, 3.8) is 0 Å². The molecule has 0 saturated heterocycles. The van der Waals surface area contributed by atoms with Crippen molar-refractivity contribution < 1.29 is 4.42 Å². The van der Waals surface area contributed by atoms with Gasteiger partial charge in [-0.15, -0.1) is 0 Å². The highest BCUT2D eigenvalue weighted by Crippen LogP contribution is 2.40. The van der Waals surface area contributed by atoms with Crippen LogP contribution < -0.4 is 0 Å². The molecule has 0 bridgehead atoms. The van der Waals surface area contributed by atoms with Crippen LogP contribution >= 0.6 is 0 Å². The van der Waals surface area contributed by atoms with E-state index in [1.54, 1.807) is 0 Å². The van der Waals surface area contributed by atoms with Gasteiger partial charge in [-0.05, 0) is 42.5 Å². The Bertz CT molecular complexity index is 2040. The van der Waals surface area contributed by atoms with Crippen LogP contribution in [-0.2, 0) is 0 Å². The largest absolute Gasteiger partial charge is 0.454 e. The molecular formula is C31H19N3O. The predicted molar refractivity (Wildman–Crippen MR) is 142 cm³/mol. The minimum atomic E-state index is 0.908. The monoisotopic (exact) mass is 449 g/mol. The Morgan fingerprint density at radius 1 is 0.657 bits per heavy atom. The van der Waals surface area contributed by atoms with E-state index >= 15 is 0 Å². The standard InChI is InChI=1S/C31H19N3O/c1-3-12-27-22(10-1)24-15-16-25-23-11-2-4-13-28(23)35-31(25)30(24)34(27)21-9-7-8-20(18-21)26-19-33-17-6-5-14-29(33)32-26/h1-19H. The van der Waals surface area contributed by atoms with Gasteiger partial charge in [-0.25, -0.2) is 4.98 Å². The highest BCUT2D eigenvalue weighted by molar-refractivity contribution is 6.21. The quantitative estimate of drug-likeness (QED) is 0.268. The normalized spacial score (nSPS) is 12.0. The summed E-state index contributed by atoms with van der Waals surface area (Å²) >= 11 is 0. The van der Waals surface area contributed by atoms with Crippen LogP contribution in [0.4, 0.5) is 0 Å². The van der Waals surface area contributed by atoms with E-state index in [1.807, 2.05) is 36.5 Å². The van der Waals surface area contributed by atoms with E-state index in [4.69, 9.17) is 9.40 Å². The summed E-state index contributed by atoms with van der Waals surface area (Å²) in [5, 5.41) is 4.67. The Morgan fingerprint density at radius 2 is 1.49 bits per heavy atom. The molecule has 0 fully saturated rings. The van der Waals surface area contributed by atoms with Gasteiger partial charge < -0.3 is 13.4 Å². The van der Waals surface area contributed by atoms with Gasteiger partial charge >= 0.3 is 0 Å². The molecule has 4 aromatic heterocycles. The number of pyridine rings is 1. The topological polar surface area (TPSA) is 35.4 Å². The highest BCUT2D eigenvalue weighted by atomic mass is 16.3. The van der Waals surface area contributed by atoms with Crippen LogP contribution in [0.1, 0.15) is 0 Å². The van der Waals surface area contributed by atoms with Gasteiger partial charge in [0.05, 0.1) is 16.7 Å². The molecule has 4 nitrogen and oxygen atoms in total. The Morgan fingerprint density at radius 3 is 2.43 bits per heavy atom. The first kappa shape index (κ1) is 18.6. The van der Waals surface area contributed by atoms with Crippen LogP contribution in [0.15, 0.2) is 120 Å². The first-order valence-electron chi connectivity index (χ1n) is 11.7. The van der Waals surface area contributed by atoms with E-state index in [0.717, 1.165) is 55.6 Å². The van der Waals surface area contributed by atoms with Gasteiger partial charge in [0.15, 0.2) is 5.58 Å². The Kier molecular flexibility index (Phi) is 3.63. The molecule has 0 aliphatic carbocycles. The summed E-state index contributed by atoms with van der Waals surface area (Å²) in [4.78, 5) is 4.84. The minimum absolute atomic E-state index is 0.908. The summed E-state index contributed by atoms with van der Waals surface area (Å²) in [5.74, 6) is 0. The van der Waals surface area contributed by atoms with E-state index in [-0.39, 0.29) is 0 Å². The third-order valence-electron chi connectivity index (χ3n) is 6.94. The Labute approximate surface area is 200 Å². The average molecular weight is 450 g/mol. The van der Waals surface area contributed by atoms with Crippen molar-refractivity contribution in [3.8, 4) is 16.9 Å². The van der Waals surface area contributed by atoms with Crippen molar-refractivity contribution >= 4 is 49.4 Å². The van der Waals surface area contributed by atoms with Crippen molar-refractivity contribution in [2.45, 2.75) is 0 Å². The first-order valence-corrected chi connectivity index (χ1v) is 11.7. The van der Waals surface area contributed by atoms with E-state index in [9.17, 15) is 0 Å². The molecule has 0 amide bonds. The lowest BCUT2D eigenvalue weighted by molar-refractivity contribution is 0.671. The fourth-order valence-electron chi connectivity index (χ4n) is 5.38. The lowest BCUT2D eigenvalue weighted by atomic mass is 10.1. The van der Waals surface area contributed by atoms with Crippen molar-refractivity contribution in [2.24, 2.45) is 0 Å². The number of benzene rings is 4. The summed E-state index contributed by atoms with van der Waals surface area (Å²) in [7, 11) is 0. The van der Waals surface area contributed by atoms with Gasteiger partial charge in [-0.3, -0.25) is 0 Å². The molecule has 8 rings (SSSR count). The number of hydrogen-bond donors (Lipinski definition) is 0. The molecule has 0 N–H and O–H groups in total. The van der Waals surface area contributed by atoms with Gasteiger partial charge in [0.1, 0.15) is 11.2 Å². The van der Waals surface area contributed by atoms with Crippen molar-refractivity contribution in [3.05, 3.63) is 116 Å². The van der Waals surface area contributed by atoms with Crippen LogP contribution in [0.5, 0.6) is 0 Å². The minimum Gasteiger partial charge on any atom is -0.454 e. The third-order valence-corrected chi connectivity index (χ3v) is 6.94.